The van der Waals surface area contributed by atoms with Gasteiger partial charge in [0.25, 0.3) is 0 Å². The highest BCUT2D eigenvalue weighted by molar-refractivity contribution is 5.71. The molecule has 3 rings (SSSR count). The fraction of sp³-hybridized carbons (Fsp3) is 0.769. The van der Waals surface area contributed by atoms with E-state index in [1.165, 1.54) is 4.68 Å². The summed E-state index contributed by atoms with van der Waals surface area (Å²) in [5, 5.41) is 20.8. The molecule has 0 aromatic carbocycles. The number of carboxylic acids is 1. The van der Waals surface area contributed by atoms with Crippen molar-refractivity contribution in [3.63, 3.8) is 0 Å². The van der Waals surface area contributed by atoms with E-state index in [-0.39, 0.29) is 5.92 Å². The quantitative estimate of drug-likeness (QED) is 0.849. The Morgan fingerprint density at radius 1 is 1.53 bits per heavy atom. The number of carboxylic acid groups (broad SMARTS) is 1. The van der Waals surface area contributed by atoms with Gasteiger partial charge >= 0.3 is 5.97 Å². The zero-order chi connectivity index (χ0) is 13.6. The second-order valence-corrected chi connectivity index (χ2v) is 6.36. The lowest BCUT2D eigenvalue weighted by molar-refractivity contribution is -0.142. The molecule has 1 unspecified atom stereocenters. The van der Waals surface area contributed by atoms with Crippen LogP contribution in [-0.2, 0) is 4.79 Å². The van der Waals surface area contributed by atoms with E-state index in [9.17, 15) is 9.90 Å². The summed E-state index contributed by atoms with van der Waals surface area (Å²) < 4.78 is 1.51. The van der Waals surface area contributed by atoms with Gasteiger partial charge in [-0.2, -0.15) is 0 Å². The molecule has 1 aromatic heterocycles. The third-order valence-corrected chi connectivity index (χ3v) is 4.47. The van der Waals surface area contributed by atoms with Gasteiger partial charge in [-0.25, -0.2) is 9.48 Å². The fourth-order valence-corrected chi connectivity index (χ4v) is 3.28. The Morgan fingerprint density at radius 2 is 2.21 bits per heavy atom. The minimum atomic E-state index is -0.847. The molecule has 1 aliphatic carbocycles. The summed E-state index contributed by atoms with van der Waals surface area (Å²) in [7, 11) is 0. The monoisotopic (exact) mass is 264 g/mol. The maximum atomic E-state index is 11.3. The van der Waals surface area contributed by atoms with E-state index in [0.29, 0.717) is 11.3 Å². The van der Waals surface area contributed by atoms with E-state index in [4.69, 9.17) is 0 Å². The van der Waals surface area contributed by atoms with Crippen molar-refractivity contribution >= 4 is 5.97 Å². The highest BCUT2D eigenvalue weighted by atomic mass is 16.4. The maximum Gasteiger partial charge on any atom is 0.328 e. The van der Waals surface area contributed by atoms with Crippen LogP contribution in [0.4, 0.5) is 0 Å². The van der Waals surface area contributed by atoms with Gasteiger partial charge in [0.2, 0.25) is 0 Å². The Kier molecular flexibility index (Phi) is 2.85. The average Bonchev–Trinajstić information content (AvgIpc) is 2.61. The van der Waals surface area contributed by atoms with Gasteiger partial charge < -0.3 is 10.4 Å². The first kappa shape index (κ1) is 12.6. The van der Waals surface area contributed by atoms with Crippen LogP contribution in [0, 0.1) is 11.3 Å². The van der Waals surface area contributed by atoms with E-state index in [0.717, 1.165) is 31.6 Å². The minimum absolute atomic E-state index is 0.00406. The van der Waals surface area contributed by atoms with Crippen LogP contribution < -0.4 is 5.32 Å². The molecule has 1 atom stereocenters. The first-order valence-electron chi connectivity index (χ1n) is 6.86. The molecule has 2 fully saturated rings. The zero-order valence-corrected chi connectivity index (χ0v) is 11.3. The normalized spacial score (nSPS) is 23.1. The van der Waals surface area contributed by atoms with Gasteiger partial charge in [-0.1, -0.05) is 19.1 Å². The average molecular weight is 264 g/mol. The first-order chi connectivity index (χ1) is 9.01. The van der Waals surface area contributed by atoms with Crippen LogP contribution in [0.1, 0.15) is 44.3 Å². The summed E-state index contributed by atoms with van der Waals surface area (Å²) in [6, 6.07) is -0.624. The van der Waals surface area contributed by atoms with Crippen LogP contribution in [0.15, 0.2) is 6.20 Å². The number of aliphatic carboxylic acids is 1. The molecule has 2 aliphatic rings. The van der Waals surface area contributed by atoms with E-state index in [1.807, 2.05) is 20.0 Å². The highest BCUT2D eigenvalue weighted by Gasteiger charge is 2.49. The van der Waals surface area contributed by atoms with Crippen molar-refractivity contribution in [2.75, 3.05) is 13.1 Å². The summed E-state index contributed by atoms with van der Waals surface area (Å²) in [5.74, 6) is -0.396. The molecular formula is C13H20N4O2. The van der Waals surface area contributed by atoms with Crippen LogP contribution in [0.2, 0.25) is 0 Å². The number of carbonyl (C=O) groups is 1. The second-order valence-electron chi connectivity index (χ2n) is 6.36. The van der Waals surface area contributed by atoms with Crippen LogP contribution in [0.25, 0.3) is 0 Å². The van der Waals surface area contributed by atoms with Crippen LogP contribution in [0.5, 0.6) is 0 Å². The van der Waals surface area contributed by atoms with Gasteiger partial charge in [-0.15, -0.1) is 5.10 Å². The van der Waals surface area contributed by atoms with Crippen LogP contribution >= 0.6 is 0 Å². The molecule has 0 radical (unpaired) electrons. The molecule has 1 spiro atoms. The van der Waals surface area contributed by atoms with Crippen LogP contribution in [0.3, 0.4) is 0 Å². The van der Waals surface area contributed by atoms with Crippen molar-refractivity contribution in [1.29, 1.82) is 0 Å². The van der Waals surface area contributed by atoms with Gasteiger partial charge in [-0.3, -0.25) is 0 Å². The van der Waals surface area contributed by atoms with Gasteiger partial charge in [0.15, 0.2) is 6.04 Å². The van der Waals surface area contributed by atoms with Crippen LogP contribution in [-0.4, -0.2) is 39.2 Å². The molecule has 1 aliphatic heterocycles. The number of hydrogen-bond donors (Lipinski definition) is 2. The molecule has 2 heterocycles. The summed E-state index contributed by atoms with van der Waals surface area (Å²) in [6.45, 7) is 6.00. The molecule has 6 nitrogen and oxygen atoms in total. The van der Waals surface area contributed by atoms with E-state index in [1.54, 1.807) is 0 Å². The standard InChI is InChI=1S/C13H20N4O2/c1-8(2)11(12(18)19)17-5-10(15-16-17)9-3-13(4-9)6-14-7-13/h5,8-9,11,14H,3-4,6-7H2,1-2H3,(H,18,19). The summed E-state index contributed by atoms with van der Waals surface area (Å²) in [6.07, 6.45) is 4.12. The summed E-state index contributed by atoms with van der Waals surface area (Å²) in [4.78, 5) is 11.3. The first-order valence-corrected chi connectivity index (χ1v) is 6.86. The Morgan fingerprint density at radius 3 is 2.68 bits per heavy atom. The maximum absolute atomic E-state index is 11.3. The van der Waals surface area contributed by atoms with E-state index >= 15 is 0 Å². The molecule has 6 heteroatoms. The van der Waals surface area contributed by atoms with Crippen molar-refractivity contribution in [3.8, 4) is 0 Å². The SMILES string of the molecule is CC(C)C(C(=O)O)n1cc(C2CC3(CNC3)C2)nn1. The number of nitrogens with zero attached hydrogens (tertiary/aromatic N) is 3. The Bertz CT molecular complexity index is 485. The molecule has 0 amide bonds. The van der Waals surface area contributed by atoms with Gasteiger partial charge in [0.05, 0.1) is 5.69 Å². The van der Waals surface area contributed by atoms with Gasteiger partial charge in [-0.05, 0) is 24.2 Å². The molecule has 1 aromatic rings. The van der Waals surface area contributed by atoms with E-state index < -0.39 is 12.0 Å². The molecular weight excluding hydrogens is 244 g/mol. The lowest BCUT2D eigenvalue weighted by atomic mass is 9.58. The molecule has 1 saturated carbocycles. The molecule has 1 saturated heterocycles. The predicted molar refractivity (Wildman–Crippen MR) is 68.8 cm³/mol. The summed E-state index contributed by atoms with van der Waals surface area (Å²) in [5.41, 5.74) is 1.45. The third-order valence-electron chi connectivity index (χ3n) is 4.47. The van der Waals surface area contributed by atoms with Crippen molar-refractivity contribution in [1.82, 2.24) is 20.3 Å². The number of nitrogens with one attached hydrogen (secondary N) is 1. The van der Waals surface area contributed by atoms with Crippen molar-refractivity contribution < 1.29 is 9.90 Å². The molecule has 0 bridgehead atoms. The van der Waals surface area contributed by atoms with Crippen molar-refractivity contribution in [3.05, 3.63) is 11.9 Å². The van der Waals surface area contributed by atoms with Crippen molar-refractivity contribution in [2.45, 2.75) is 38.6 Å². The third kappa shape index (κ3) is 2.04. The number of aromatic nitrogens is 3. The smallest absolute Gasteiger partial charge is 0.328 e. The Balaban J connectivity index is 1.71. The lowest BCUT2D eigenvalue weighted by Gasteiger charge is -2.53. The van der Waals surface area contributed by atoms with Crippen molar-refractivity contribution in [2.24, 2.45) is 11.3 Å². The Hall–Kier alpha value is -1.43. The fourth-order valence-electron chi connectivity index (χ4n) is 3.28. The zero-order valence-electron chi connectivity index (χ0n) is 11.3. The number of rotatable bonds is 4. The topological polar surface area (TPSA) is 80.0 Å². The Labute approximate surface area is 112 Å². The van der Waals surface area contributed by atoms with Gasteiger partial charge in [0.1, 0.15) is 0 Å². The van der Waals surface area contributed by atoms with Gasteiger partial charge in [0, 0.05) is 25.2 Å². The van der Waals surface area contributed by atoms with E-state index in [2.05, 4.69) is 15.6 Å². The summed E-state index contributed by atoms with van der Waals surface area (Å²) >= 11 is 0. The number of hydrogen-bond acceptors (Lipinski definition) is 4. The minimum Gasteiger partial charge on any atom is -0.480 e. The predicted octanol–water partition coefficient (Wildman–Crippen LogP) is 1.03. The lowest BCUT2D eigenvalue weighted by Crippen LogP contribution is -2.59. The molecule has 19 heavy (non-hydrogen) atoms. The molecule has 2 N–H and O–H groups in total. The second kappa shape index (κ2) is 4.30. The largest absolute Gasteiger partial charge is 0.480 e. The molecule has 104 valence electrons. The highest BCUT2D eigenvalue weighted by Crippen LogP contribution is 2.52.